The molecule has 0 atom stereocenters. The molecule has 1 aromatic heterocycles. The number of amides is 1. The van der Waals surface area contributed by atoms with E-state index in [9.17, 15) is 9.59 Å². The molecule has 28 heavy (non-hydrogen) atoms. The van der Waals surface area contributed by atoms with Crippen LogP contribution in [0.15, 0.2) is 52.1 Å². The highest BCUT2D eigenvalue weighted by atomic mass is 16.5. The average molecular weight is 386 g/mol. The Morgan fingerprint density at radius 1 is 1.14 bits per heavy atom. The first-order chi connectivity index (χ1) is 13.5. The number of carbonyl (C=O) groups excluding carboxylic acids is 2. The zero-order valence-corrected chi connectivity index (χ0v) is 16.4. The third kappa shape index (κ3) is 6.79. The summed E-state index contributed by atoms with van der Waals surface area (Å²) in [5.41, 5.74) is 1.42. The van der Waals surface area contributed by atoms with Crippen LogP contribution in [0.25, 0.3) is 0 Å². The highest BCUT2D eigenvalue weighted by Crippen LogP contribution is 2.07. The highest BCUT2D eigenvalue weighted by molar-refractivity contribution is 5.89. The van der Waals surface area contributed by atoms with Crippen LogP contribution in [0.1, 0.15) is 21.7 Å². The Labute approximate surface area is 164 Å². The Balaban J connectivity index is 1.97. The number of hydrogen-bond donors (Lipinski definition) is 2. The van der Waals surface area contributed by atoms with Crippen molar-refractivity contribution < 1.29 is 18.7 Å². The van der Waals surface area contributed by atoms with Gasteiger partial charge in [-0.2, -0.15) is 0 Å². The van der Waals surface area contributed by atoms with Crippen LogP contribution in [0.5, 0.6) is 0 Å². The fourth-order valence-electron chi connectivity index (χ4n) is 2.29. The van der Waals surface area contributed by atoms with E-state index in [2.05, 4.69) is 15.6 Å². The first kappa shape index (κ1) is 21.0. The van der Waals surface area contributed by atoms with Gasteiger partial charge < -0.3 is 24.7 Å². The molecule has 1 aromatic carbocycles. The lowest BCUT2D eigenvalue weighted by Gasteiger charge is -2.14. The maximum absolute atomic E-state index is 11.8. The molecular weight excluding hydrogens is 360 g/mol. The Bertz CT molecular complexity index is 783. The number of methoxy groups -OCH3 is 1. The first-order valence-corrected chi connectivity index (χ1v) is 8.91. The number of aliphatic imine (C=N–C) groups is 1. The smallest absolute Gasteiger partial charge is 0.337 e. The molecule has 150 valence electrons. The minimum absolute atomic E-state index is 0.0528. The summed E-state index contributed by atoms with van der Waals surface area (Å²) in [6, 6.07) is 10.8. The largest absolute Gasteiger partial charge is 0.469 e. The number of ether oxygens (including phenoxy) is 1. The van der Waals surface area contributed by atoms with Gasteiger partial charge in [0.25, 0.3) is 0 Å². The molecule has 0 saturated carbocycles. The van der Waals surface area contributed by atoms with Crippen molar-refractivity contribution in [3.63, 3.8) is 0 Å². The van der Waals surface area contributed by atoms with Gasteiger partial charge in [0.05, 0.1) is 32.0 Å². The Morgan fingerprint density at radius 2 is 1.89 bits per heavy atom. The number of hydrogen-bond acceptors (Lipinski definition) is 5. The van der Waals surface area contributed by atoms with Gasteiger partial charge in [-0.15, -0.1) is 0 Å². The second-order valence-corrected chi connectivity index (χ2v) is 6.25. The topological polar surface area (TPSA) is 96.2 Å². The zero-order chi connectivity index (χ0) is 20.4. The number of esters is 1. The summed E-state index contributed by atoms with van der Waals surface area (Å²) in [5, 5.41) is 6.23. The average Bonchev–Trinajstić information content (AvgIpc) is 3.22. The molecule has 2 rings (SSSR count). The number of rotatable bonds is 8. The normalized spacial score (nSPS) is 11.0. The number of benzene rings is 1. The van der Waals surface area contributed by atoms with Gasteiger partial charge in [-0.3, -0.25) is 4.79 Å². The Kier molecular flexibility index (Phi) is 8.08. The van der Waals surface area contributed by atoms with Gasteiger partial charge >= 0.3 is 5.97 Å². The molecule has 8 heteroatoms. The fourth-order valence-corrected chi connectivity index (χ4v) is 2.29. The van der Waals surface area contributed by atoms with Gasteiger partial charge in [0.15, 0.2) is 5.96 Å². The number of furan rings is 1. The first-order valence-electron chi connectivity index (χ1n) is 8.91. The number of nitrogens with zero attached hydrogens (tertiary/aromatic N) is 2. The second-order valence-electron chi connectivity index (χ2n) is 6.25. The molecule has 2 aromatic rings. The van der Waals surface area contributed by atoms with Crippen LogP contribution in [0.3, 0.4) is 0 Å². The summed E-state index contributed by atoms with van der Waals surface area (Å²) < 4.78 is 10.0. The molecule has 0 aliphatic heterocycles. The van der Waals surface area contributed by atoms with Crippen molar-refractivity contribution in [3.05, 3.63) is 59.5 Å². The maximum Gasteiger partial charge on any atom is 0.337 e. The minimum Gasteiger partial charge on any atom is -0.469 e. The molecule has 0 saturated heterocycles. The molecule has 0 aliphatic rings. The van der Waals surface area contributed by atoms with E-state index in [1.807, 2.05) is 24.3 Å². The minimum atomic E-state index is -0.376. The summed E-state index contributed by atoms with van der Waals surface area (Å²) in [4.78, 5) is 29.4. The van der Waals surface area contributed by atoms with Crippen LogP contribution in [-0.2, 0) is 22.5 Å². The molecule has 0 spiro atoms. The van der Waals surface area contributed by atoms with Crippen LogP contribution in [0, 0.1) is 0 Å². The highest BCUT2D eigenvalue weighted by Gasteiger charge is 2.07. The van der Waals surface area contributed by atoms with Gasteiger partial charge in [0, 0.05) is 27.1 Å². The van der Waals surface area contributed by atoms with E-state index >= 15 is 0 Å². The van der Waals surface area contributed by atoms with Crippen LogP contribution in [0.2, 0.25) is 0 Å². The van der Waals surface area contributed by atoms with Crippen LogP contribution in [0.4, 0.5) is 0 Å². The molecular formula is C20H26N4O4. The van der Waals surface area contributed by atoms with Gasteiger partial charge in [0.1, 0.15) is 5.76 Å². The number of nitrogens with one attached hydrogen (secondary N) is 2. The SMILES string of the molecule is COC(=O)c1ccc(CN=C(NCCc2ccco2)NCC(=O)N(C)C)cc1. The monoisotopic (exact) mass is 386 g/mol. The number of likely N-dealkylation sites (N-methyl/N-ethyl adjacent to an activating group) is 1. The molecule has 0 fully saturated rings. The third-order valence-corrected chi connectivity index (χ3v) is 3.94. The summed E-state index contributed by atoms with van der Waals surface area (Å²) in [6.45, 7) is 1.14. The van der Waals surface area contributed by atoms with E-state index in [4.69, 9.17) is 9.15 Å². The fraction of sp³-hybridized carbons (Fsp3) is 0.350. The Morgan fingerprint density at radius 3 is 2.50 bits per heavy atom. The van der Waals surface area contributed by atoms with Crippen molar-refractivity contribution in [2.75, 3.05) is 34.3 Å². The lowest BCUT2D eigenvalue weighted by Crippen LogP contribution is -2.43. The van der Waals surface area contributed by atoms with Crippen molar-refractivity contribution in [2.24, 2.45) is 4.99 Å². The molecule has 0 aliphatic carbocycles. The van der Waals surface area contributed by atoms with Crippen molar-refractivity contribution >= 4 is 17.8 Å². The van der Waals surface area contributed by atoms with E-state index in [0.29, 0.717) is 31.0 Å². The standard InChI is InChI=1S/C20H26N4O4/c1-24(2)18(25)14-23-20(21-11-10-17-5-4-12-28-17)22-13-15-6-8-16(9-7-15)19(26)27-3/h4-9,12H,10-11,13-14H2,1-3H3,(H2,21,22,23). The molecule has 1 heterocycles. The quantitative estimate of drug-likeness (QED) is 0.405. The summed E-state index contributed by atoms with van der Waals surface area (Å²) in [5.74, 6) is 0.968. The third-order valence-electron chi connectivity index (χ3n) is 3.94. The van der Waals surface area contributed by atoms with E-state index < -0.39 is 0 Å². The van der Waals surface area contributed by atoms with Crippen molar-refractivity contribution in [3.8, 4) is 0 Å². The van der Waals surface area contributed by atoms with Gasteiger partial charge in [-0.05, 0) is 29.8 Å². The van der Waals surface area contributed by atoms with Crippen LogP contribution >= 0.6 is 0 Å². The molecule has 0 bridgehead atoms. The van der Waals surface area contributed by atoms with Crippen molar-refractivity contribution in [2.45, 2.75) is 13.0 Å². The summed E-state index contributed by atoms with van der Waals surface area (Å²) in [7, 11) is 4.75. The van der Waals surface area contributed by atoms with E-state index in [1.54, 1.807) is 32.5 Å². The van der Waals surface area contributed by atoms with Gasteiger partial charge in [-0.1, -0.05) is 12.1 Å². The molecule has 0 radical (unpaired) electrons. The predicted octanol–water partition coefficient (Wildman–Crippen LogP) is 1.43. The summed E-state index contributed by atoms with van der Waals surface area (Å²) >= 11 is 0. The second kappa shape index (κ2) is 10.8. The van der Waals surface area contributed by atoms with Crippen LogP contribution < -0.4 is 10.6 Å². The number of carbonyl (C=O) groups is 2. The van der Waals surface area contributed by atoms with Gasteiger partial charge in [-0.25, -0.2) is 9.79 Å². The zero-order valence-electron chi connectivity index (χ0n) is 16.4. The van der Waals surface area contributed by atoms with Crippen molar-refractivity contribution in [1.29, 1.82) is 0 Å². The Hall–Kier alpha value is -3.29. The van der Waals surface area contributed by atoms with E-state index in [-0.39, 0.29) is 18.4 Å². The predicted molar refractivity (Wildman–Crippen MR) is 106 cm³/mol. The van der Waals surface area contributed by atoms with Gasteiger partial charge in [0.2, 0.25) is 5.91 Å². The molecule has 2 N–H and O–H groups in total. The van der Waals surface area contributed by atoms with E-state index in [1.165, 1.54) is 12.0 Å². The molecule has 8 nitrogen and oxygen atoms in total. The lowest BCUT2D eigenvalue weighted by molar-refractivity contribution is -0.127. The summed E-state index contributed by atoms with van der Waals surface area (Å²) in [6.07, 6.45) is 2.33. The maximum atomic E-state index is 11.8. The molecule has 0 unspecified atom stereocenters. The molecule has 1 amide bonds. The number of guanidine groups is 1. The van der Waals surface area contributed by atoms with E-state index in [0.717, 1.165) is 11.3 Å². The lowest BCUT2D eigenvalue weighted by atomic mass is 10.1. The van der Waals surface area contributed by atoms with Crippen LogP contribution in [-0.4, -0.2) is 57.0 Å². The van der Waals surface area contributed by atoms with Crippen molar-refractivity contribution in [1.82, 2.24) is 15.5 Å².